The minimum absolute atomic E-state index is 0.0289. The highest BCUT2D eigenvalue weighted by atomic mass is 19.1. The summed E-state index contributed by atoms with van der Waals surface area (Å²) in [5.74, 6) is -0.842. The maximum atomic E-state index is 13.2. The molecule has 8 nitrogen and oxygen atoms in total. The fourth-order valence-corrected chi connectivity index (χ4v) is 3.20. The summed E-state index contributed by atoms with van der Waals surface area (Å²) in [5, 5.41) is 12.2. The second-order valence-electron chi connectivity index (χ2n) is 6.38. The largest absolute Gasteiger partial charge is 0.339 e. The number of nitrogens with two attached hydrogens (primary N) is 2. The van der Waals surface area contributed by atoms with Gasteiger partial charge in [-0.25, -0.2) is 4.39 Å². The Morgan fingerprint density at radius 1 is 1.23 bits per heavy atom. The van der Waals surface area contributed by atoms with Crippen LogP contribution in [0.4, 0.5) is 4.39 Å². The number of carbonyl (C=O) groups excluding carboxylic acids is 1. The number of nitrogens with zero attached hydrogens (tertiary/aromatic N) is 1. The first-order valence-corrected chi connectivity index (χ1v) is 7.95. The second kappa shape index (κ2) is 6.73. The van der Waals surface area contributed by atoms with E-state index in [1.807, 2.05) is 0 Å². The Labute approximate surface area is 129 Å². The van der Waals surface area contributed by atoms with Gasteiger partial charge in [-0.1, -0.05) is 0 Å². The van der Waals surface area contributed by atoms with Crippen molar-refractivity contribution < 1.29 is 9.18 Å². The average molecular weight is 315 g/mol. The molecule has 2 saturated heterocycles. The lowest BCUT2D eigenvalue weighted by molar-refractivity contribution is -0.129. The predicted molar refractivity (Wildman–Crippen MR) is 80.0 cm³/mol. The third-order valence-electron chi connectivity index (χ3n) is 4.55. The first-order chi connectivity index (χ1) is 10.6. The number of nitrogens with one attached hydrogen (secondary N) is 4. The number of halogens is 1. The molecule has 1 amide bonds. The van der Waals surface area contributed by atoms with E-state index in [0.717, 1.165) is 6.67 Å². The van der Waals surface area contributed by atoms with E-state index in [-0.39, 0.29) is 25.2 Å². The summed E-state index contributed by atoms with van der Waals surface area (Å²) in [6.07, 6.45) is 0.146. The lowest BCUT2D eigenvalue weighted by Gasteiger charge is -2.35. The number of carbonyl (C=O) groups is 1. The van der Waals surface area contributed by atoms with Crippen LogP contribution in [-0.2, 0) is 4.79 Å². The molecule has 126 valence electrons. The third kappa shape index (κ3) is 3.55. The van der Waals surface area contributed by atoms with Crippen LogP contribution in [0.3, 0.4) is 0 Å². The molecule has 9 heteroatoms. The summed E-state index contributed by atoms with van der Waals surface area (Å²) in [4.78, 5) is 14.9. The molecule has 2 atom stereocenters. The van der Waals surface area contributed by atoms with Crippen molar-refractivity contribution in [3.8, 4) is 0 Å². The van der Waals surface area contributed by atoms with E-state index in [4.69, 9.17) is 11.5 Å². The van der Waals surface area contributed by atoms with E-state index in [2.05, 4.69) is 26.2 Å². The van der Waals surface area contributed by atoms with E-state index < -0.39 is 24.4 Å². The molecule has 22 heavy (non-hydrogen) atoms. The molecule has 3 aliphatic rings. The van der Waals surface area contributed by atoms with Crippen molar-refractivity contribution in [2.24, 2.45) is 17.4 Å². The molecule has 0 aromatic carbocycles. The average Bonchev–Trinajstić information content (AvgIpc) is 3.21. The smallest absolute Gasteiger partial charge is 0.230 e. The fourth-order valence-electron chi connectivity index (χ4n) is 3.20. The summed E-state index contributed by atoms with van der Waals surface area (Å²) in [6, 6.07) is 0.559. The Kier molecular flexibility index (Phi) is 4.91. The van der Waals surface area contributed by atoms with Gasteiger partial charge in [0.1, 0.15) is 6.17 Å². The van der Waals surface area contributed by atoms with Crippen LogP contribution in [0.25, 0.3) is 0 Å². The van der Waals surface area contributed by atoms with E-state index in [1.54, 1.807) is 0 Å². The molecule has 2 aliphatic heterocycles. The molecule has 1 saturated carbocycles. The standard InChI is InChI=1S/C13H26FN7O/c14-7-3-18-12(19-4-7)10(11(15)16)13(22)20-9-5-17-6-21(9)8-1-2-8/h7-12,17-19H,1-6,15-16H2,(H,20,22). The molecule has 2 unspecified atom stereocenters. The highest BCUT2D eigenvalue weighted by molar-refractivity contribution is 5.80. The van der Waals surface area contributed by atoms with Crippen LogP contribution in [0.15, 0.2) is 0 Å². The molecule has 0 spiro atoms. The predicted octanol–water partition coefficient (Wildman–Crippen LogP) is -2.83. The molecule has 0 radical (unpaired) electrons. The van der Waals surface area contributed by atoms with E-state index in [1.165, 1.54) is 12.8 Å². The van der Waals surface area contributed by atoms with Gasteiger partial charge in [-0.2, -0.15) is 0 Å². The maximum absolute atomic E-state index is 13.2. The Hall–Kier alpha value is -0.840. The van der Waals surface area contributed by atoms with E-state index >= 15 is 0 Å². The van der Waals surface area contributed by atoms with Crippen molar-refractivity contribution in [2.45, 2.75) is 43.6 Å². The van der Waals surface area contributed by atoms with Crippen LogP contribution >= 0.6 is 0 Å². The zero-order chi connectivity index (χ0) is 15.7. The topological polar surface area (TPSA) is 120 Å². The Bertz CT molecular complexity index is 398. The van der Waals surface area contributed by atoms with Gasteiger partial charge in [0.05, 0.1) is 31.1 Å². The summed E-state index contributed by atoms with van der Waals surface area (Å²) < 4.78 is 13.2. The molecule has 2 heterocycles. The fraction of sp³-hybridized carbons (Fsp3) is 0.923. The van der Waals surface area contributed by atoms with Crippen molar-refractivity contribution >= 4 is 5.91 Å². The third-order valence-corrected chi connectivity index (χ3v) is 4.55. The first-order valence-electron chi connectivity index (χ1n) is 7.95. The van der Waals surface area contributed by atoms with Crippen LogP contribution in [-0.4, -0.2) is 67.8 Å². The SMILES string of the molecule is NC(N)C(C(=O)NC1CNCN1C1CC1)C1NCC(F)CN1. The monoisotopic (exact) mass is 315 g/mol. The molecular weight excluding hydrogens is 289 g/mol. The van der Waals surface area contributed by atoms with Gasteiger partial charge < -0.3 is 22.1 Å². The molecule has 8 N–H and O–H groups in total. The van der Waals surface area contributed by atoms with Crippen molar-refractivity contribution in [1.29, 1.82) is 0 Å². The minimum Gasteiger partial charge on any atom is -0.339 e. The zero-order valence-corrected chi connectivity index (χ0v) is 12.6. The Morgan fingerprint density at radius 2 is 1.91 bits per heavy atom. The number of alkyl halides is 1. The van der Waals surface area contributed by atoms with Crippen molar-refractivity contribution in [3.63, 3.8) is 0 Å². The number of hydrogen-bond acceptors (Lipinski definition) is 7. The minimum atomic E-state index is -0.960. The summed E-state index contributed by atoms with van der Waals surface area (Å²) in [6.45, 7) is 1.91. The molecule has 0 aromatic rings. The molecule has 3 rings (SSSR count). The van der Waals surface area contributed by atoms with Gasteiger partial charge >= 0.3 is 0 Å². The van der Waals surface area contributed by atoms with Crippen LogP contribution in [0.5, 0.6) is 0 Å². The Morgan fingerprint density at radius 3 is 2.50 bits per heavy atom. The normalized spacial score (nSPS) is 34.8. The van der Waals surface area contributed by atoms with Gasteiger partial charge in [-0.3, -0.25) is 20.3 Å². The van der Waals surface area contributed by atoms with Crippen LogP contribution < -0.4 is 32.7 Å². The summed E-state index contributed by atoms with van der Waals surface area (Å²) in [5.41, 5.74) is 11.6. The van der Waals surface area contributed by atoms with E-state index in [0.29, 0.717) is 12.6 Å². The second-order valence-corrected chi connectivity index (χ2v) is 6.38. The van der Waals surface area contributed by atoms with E-state index in [9.17, 15) is 9.18 Å². The highest BCUT2D eigenvalue weighted by Gasteiger charge is 2.40. The number of hydrogen-bond donors (Lipinski definition) is 6. The lowest BCUT2D eigenvalue weighted by Crippen LogP contribution is -2.66. The van der Waals surface area contributed by atoms with Gasteiger partial charge in [-0.05, 0) is 12.8 Å². The molecule has 1 aliphatic carbocycles. The molecule has 3 fully saturated rings. The highest BCUT2D eigenvalue weighted by Crippen LogP contribution is 2.28. The van der Waals surface area contributed by atoms with Crippen molar-refractivity contribution in [3.05, 3.63) is 0 Å². The van der Waals surface area contributed by atoms with Crippen LogP contribution in [0.2, 0.25) is 0 Å². The van der Waals surface area contributed by atoms with Crippen LogP contribution in [0, 0.1) is 5.92 Å². The molecular formula is C13H26FN7O. The van der Waals surface area contributed by atoms with Crippen molar-refractivity contribution in [2.75, 3.05) is 26.3 Å². The van der Waals surface area contributed by atoms with Gasteiger partial charge in [0.2, 0.25) is 5.91 Å². The lowest BCUT2D eigenvalue weighted by atomic mass is 9.99. The van der Waals surface area contributed by atoms with Gasteiger partial charge in [-0.15, -0.1) is 0 Å². The number of amides is 1. The van der Waals surface area contributed by atoms with Gasteiger partial charge in [0, 0.05) is 25.7 Å². The quantitative estimate of drug-likeness (QED) is 0.303. The Balaban J connectivity index is 1.60. The zero-order valence-electron chi connectivity index (χ0n) is 12.6. The first kappa shape index (κ1) is 16.0. The summed E-state index contributed by atoms with van der Waals surface area (Å²) >= 11 is 0. The molecule has 0 bridgehead atoms. The molecule has 0 aromatic heterocycles. The van der Waals surface area contributed by atoms with Crippen molar-refractivity contribution in [1.82, 2.24) is 26.2 Å². The van der Waals surface area contributed by atoms with Gasteiger partial charge in [0.25, 0.3) is 0 Å². The van der Waals surface area contributed by atoms with Gasteiger partial charge in [0.15, 0.2) is 0 Å². The number of rotatable bonds is 5. The van der Waals surface area contributed by atoms with Crippen LogP contribution in [0.1, 0.15) is 12.8 Å². The maximum Gasteiger partial charge on any atom is 0.230 e. The summed E-state index contributed by atoms with van der Waals surface area (Å²) in [7, 11) is 0.